The largest absolute Gasteiger partial charge is 0.396 e. The Kier molecular flexibility index (Phi) is 3.49. The van der Waals surface area contributed by atoms with Crippen molar-refractivity contribution in [1.29, 1.82) is 0 Å². The summed E-state index contributed by atoms with van der Waals surface area (Å²) < 4.78 is 0. The lowest BCUT2D eigenvalue weighted by Gasteiger charge is -2.09. The highest BCUT2D eigenvalue weighted by molar-refractivity contribution is 6.29. The maximum atomic E-state index is 5.81. The first-order chi connectivity index (χ1) is 8.15. The van der Waals surface area contributed by atoms with Crippen molar-refractivity contribution in [3.05, 3.63) is 52.8 Å². The predicted octanol–water partition coefficient (Wildman–Crippen LogP) is 3.24. The van der Waals surface area contributed by atoms with Crippen molar-refractivity contribution < 1.29 is 0 Å². The summed E-state index contributed by atoms with van der Waals surface area (Å²) in [5.74, 6) is 0. The van der Waals surface area contributed by atoms with Crippen LogP contribution in [-0.4, -0.2) is 4.98 Å². The van der Waals surface area contributed by atoms with Crippen LogP contribution in [0, 0.1) is 6.92 Å². The molecular formula is C13H14ClN3. The van der Waals surface area contributed by atoms with Gasteiger partial charge in [-0.3, -0.25) is 0 Å². The normalized spacial score (nSPS) is 10.2. The van der Waals surface area contributed by atoms with Gasteiger partial charge in [0.15, 0.2) is 0 Å². The van der Waals surface area contributed by atoms with Crippen LogP contribution in [0.25, 0.3) is 0 Å². The Balaban J connectivity index is 2.07. The van der Waals surface area contributed by atoms with E-state index >= 15 is 0 Å². The average Bonchev–Trinajstić information content (AvgIpc) is 2.32. The molecule has 1 aromatic carbocycles. The summed E-state index contributed by atoms with van der Waals surface area (Å²) in [7, 11) is 0. The van der Waals surface area contributed by atoms with Gasteiger partial charge >= 0.3 is 0 Å². The molecule has 0 fully saturated rings. The van der Waals surface area contributed by atoms with E-state index in [2.05, 4.69) is 41.5 Å². The highest BCUT2D eigenvalue weighted by Crippen LogP contribution is 2.21. The third-order valence-corrected chi connectivity index (χ3v) is 2.71. The van der Waals surface area contributed by atoms with E-state index in [9.17, 15) is 0 Å². The van der Waals surface area contributed by atoms with Crippen molar-refractivity contribution in [2.75, 3.05) is 11.1 Å². The van der Waals surface area contributed by atoms with Gasteiger partial charge in [0.05, 0.1) is 17.6 Å². The molecular weight excluding hydrogens is 234 g/mol. The zero-order chi connectivity index (χ0) is 12.3. The number of nitrogen functional groups attached to an aromatic ring is 1. The van der Waals surface area contributed by atoms with Crippen LogP contribution in [0.3, 0.4) is 0 Å². The minimum atomic E-state index is 0.436. The number of hydrogen-bond acceptors (Lipinski definition) is 3. The van der Waals surface area contributed by atoms with Gasteiger partial charge < -0.3 is 11.1 Å². The fourth-order valence-electron chi connectivity index (χ4n) is 1.50. The Morgan fingerprint density at radius 1 is 1.29 bits per heavy atom. The Labute approximate surface area is 106 Å². The summed E-state index contributed by atoms with van der Waals surface area (Å²) in [6, 6.07) is 10.1. The van der Waals surface area contributed by atoms with Gasteiger partial charge in [-0.15, -0.1) is 0 Å². The molecule has 0 unspecified atom stereocenters. The van der Waals surface area contributed by atoms with Crippen molar-refractivity contribution in [3.8, 4) is 0 Å². The van der Waals surface area contributed by atoms with Crippen LogP contribution in [-0.2, 0) is 6.54 Å². The van der Waals surface area contributed by atoms with Crippen LogP contribution in [0.15, 0.2) is 36.5 Å². The second kappa shape index (κ2) is 5.06. The van der Waals surface area contributed by atoms with Crippen LogP contribution in [0.2, 0.25) is 5.15 Å². The summed E-state index contributed by atoms with van der Waals surface area (Å²) in [6.45, 7) is 2.78. The number of benzene rings is 1. The molecule has 2 rings (SSSR count). The van der Waals surface area contributed by atoms with Crippen molar-refractivity contribution in [3.63, 3.8) is 0 Å². The monoisotopic (exact) mass is 247 g/mol. The van der Waals surface area contributed by atoms with E-state index in [0.717, 1.165) is 5.69 Å². The van der Waals surface area contributed by atoms with E-state index in [4.69, 9.17) is 17.3 Å². The van der Waals surface area contributed by atoms with Gasteiger partial charge in [-0.25, -0.2) is 4.98 Å². The Morgan fingerprint density at radius 2 is 2.00 bits per heavy atom. The topological polar surface area (TPSA) is 50.9 Å². The van der Waals surface area contributed by atoms with Crippen molar-refractivity contribution in [2.45, 2.75) is 13.5 Å². The molecule has 0 spiro atoms. The lowest BCUT2D eigenvalue weighted by Crippen LogP contribution is -2.03. The molecule has 1 heterocycles. The van der Waals surface area contributed by atoms with Gasteiger partial charge in [0.2, 0.25) is 0 Å². The molecule has 0 aliphatic rings. The molecule has 0 saturated heterocycles. The van der Waals surface area contributed by atoms with Gasteiger partial charge in [0.25, 0.3) is 0 Å². The molecule has 0 aliphatic heterocycles. The second-order valence-corrected chi connectivity index (χ2v) is 4.32. The number of nitrogens with one attached hydrogen (secondary N) is 1. The van der Waals surface area contributed by atoms with Gasteiger partial charge in [-0.2, -0.15) is 0 Å². The molecule has 4 heteroatoms. The standard InChI is InChI=1S/C13H14ClN3/c1-9-2-4-10(5-3-9)7-16-12-6-13(14)17-8-11(12)15/h2-6,8H,7,15H2,1H3,(H,16,17). The first-order valence-corrected chi connectivity index (χ1v) is 5.73. The summed E-state index contributed by atoms with van der Waals surface area (Å²) in [5, 5.41) is 3.68. The van der Waals surface area contributed by atoms with E-state index in [1.165, 1.54) is 11.1 Å². The minimum absolute atomic E-state index is 0.436. The van der Waals surface area contributed by atoms with E-state index in [0.29, 0.717) is 17.4 Å². The number of nitrogens with two attached hydrogens (primary N) is 1. The zero-order valence-electron chi connectivity index (χ0n) is 9.57. The fourth-order valence-corrected chi connectivity index (χ4v) is 1.65. The lowest BCUT2D eigenvalue weighted by atomic mass is 10.1. The predicted molar refractivity (Wildman–Crippen MR) is 72.2 cm³/mol. The van der Waals surface area contributed by atoms with Crippen LogP contribution >= 0.6 is 11.6 Å². The molecule has 88 valence electrons. The first kappa shape index (κ1) is 11.7. The molecule has 2 aromatic rings. The maximum absolute atomic E-state index is 5.81. The average molecular weight is 248 g/mol. The third-order valence-electron chi connectivity index (χ3n) is 2.50. The number of aromatic nitrogens is 1. The highest BCUT2D eigenvalue weighted by atomic mass is 35.5. The molecule has 0 amide bonds. The Hall–Kier alpha value is -1.74. The minimum Gasteiger partial charge on any atom is -0.396 e. The van der Waals surface area contributed by atoms with E-state index in [1.807, 2.05) is 0 Å². The molecule has 1 aromatic heterocycles. The molecule has 17 heavy (non-hydrogen) atoms. The number of anilines is 2. The number of hydrogen-bond donors (Lipinski definition) is 2. The van der Waals surface area contributed by atoms with Gasteiger partial charge in [0, 0.05) is 12.6 Å². The number of rotatable bonds is 3. The van der Waals surface area contributed by atoms with Crippen LogP contribution in [0.1, 0.15) is 11.1 Å². The first-order valence-electron chi connectivity index (χ1n) is 5.35. The summed E-state index contributed by atoms with van der Waals surface area (Å²) >= 11 is 5.81. The summed E-state index contributed by atoms with van der Waals surface area (Å²) in [6.07, 6.45) is 1.56. The van der Waals surface area contributed by atoms with Crippen LogP contribution < -0.4 is 11.1 Å². The number of nitrogens with zero attached hydrogens (tertiary/aromatic N) is 1. The van der Waals surface area contributed by atoms with Gasteiger partial charge in [-0.1, -0.05) is 41.4 Å². The lowest BCUT2D eigenvalue weighted by molar-refractivity contribution is 1.14. The second-order valence-electron chi connectivity index (χ2n) is 3.93. The molecule has 3 nitrogen and oxygen atoms in total. The maximum Gasteiger partial charge on any atom is 0.131 e. The van der Waals surface area contributed by atoms with Gasteiger partial charge in [0.1, 0.15) is 5.15 Å². The quantitative estimate of drug-likeness (QED) is 0.819. The Morgan fingerprint density at radius 3 is 2.71 bits per heavy atom. The summed E-state index contributed by atoms with van der Waals surface area (Å²) in [4.78, 5) is 3.91. The van der Waals surface area contributed by atoms with Crippen molar-refractivity contribution in [2.24, 2.45) is 0 Å². The molecule has 0 saturated carbocycles. The van der Waals surface area contributed by atoms with Crippen molar-refractivity contribution >= 4 is 23.0 Å². The smallest absolute Gasteiger partial charge is 0.131 e. The Bertz CT molecular complexity index is 509. The molecule has 0 atom stereocenters. The molecule has 0 bridgehead atoms. The zero-order valence-corrected chi connectivity index (χ0v) is 10.3. The SMILES string of the molecule is Cc1ccc(CNc2cc(Cl)ncc2N)cc1. The highest BCUT2D eigenvalue weighted by Gasteiger charge is 2.00. The summed E-state index contributed by atoms with van der Waals surface area (Å²) in [5.41, 5.74) is 9.65. The third kappa shape index (κ3) is 3.11. The van der Waals surface area contributed by atoms with E-state index < -0.39 is 0 Å². The van der Waals surface area contributed by atoms with Gasteiger partial charge in [-0.05, 0) is 12.5 Å². The molecule has 3 N–H and O–H groups in total. The fraction of sp³-hybridized carbons (Fsp3) is 0.154. The van der Waals surface area contributed by atoms with Crippen molar-refractivity contribution in [1.82, 2.24) is 4.98 Å². The number of pyridine rings is 1. The molecule has 0 aliphatic carbocycles. The number of aryl methyl sites for hydroxylation is 1. The molecule has 0 radical (unpaired) electrons. The number of halogens is 1. The van der Waals surface area contributed by atoms with Crippen LogP contribution in [0.4, 0.5) is 11.4 Å². The van der Waals surface area contributed by atoms with Crippen LogP contribution in [0.5, 0.6) is 0 Å². The van der Waals surface area contributed by atoms with E-state index in [-0.39, 0.29) is 0 Å². The van der Waals surface area contributed by atoms with E-state index in [1.54, 1.807) is 12.3 Å².